The van der Waals surface area contributed by atoms with Crippen LogP contribution in [0.15, 0.2) is 279 Å². The van der Waals surface area contributed by atoms with Crippen LogP contribution in [0.2, 0.25) is 0 Å². The Morgan fingerprint density at radius 2 is 0.657 bits per heavy atom. The van der Waals surface area contributed by atoms with Gasteiger partial charge >= 0.3 is 0 Å². The summed E-state index contributed by atoms with van der Waals surface area (Å²) in [4.78, 5) is 2.43. The maximum absolute atomic E-state index is 2.43. The van der Waals surface area contributed by atoms with E-state index in [1.54, 1.807) is 0 Å². The Balaban J connectivity index is 0.972. The van der Waals surface area contributed by atoms with Crippen LogP contribution in [0.3, 0.4) is 0 Å². The average Bonchev–Trinajstić information content (AvgIpc) is 3.78. The molecule has 0 saturated carbocycles. The summed E-state index contributed by atoms with van der Waals surface area (Å²) in [5.74, 6) is 0. The minimum absolute atomic E-state index is 1.07. The topological polar surface area (TPSA) is 8.17 Å². The van der Waals surface area contributed by atoms with Crippen molar-refractivity contribution >= 4 is 60.4 Å². The van der Waals surface area contributed by atoms with Crippen LogP contribution >= 0.6 is 0 Å². The van der Waals surface area contributed by atoms with Crippen LogP contribution < -0.4 is 4.90 Å². The molecule has 2 heteroatoms. The van der Waals surface area contributed by atoms with Gasteiger partial charge in [0.2, 0.25) is 0 Å². The molecule has 0 aliphatic rings. The number of benzene rings is 12. The normalized spacial score (nSPS) is 11.4. The number of anilines is 3. The minimum Gasteiger partial charge on any atom is -0.310 e. The van der Waals surface area contributed by atoms with E-state index in [0.29, 0.717) is 0 Å². The summed E-state index contributed by atoms with van der Waals surface area (Å²) in [5.41, 5.74) is 18.6. The monoisotopic (exact) mass is 890 g/mol. The molecule has 0 aliphatic heterocycles. The van der Waals surface area contributed by atoms with Gasteiger partial charge < -0.3 is 9.47 Å². The van der Waals surface area contributed by atoms with Crippen molar-refractivity contribution in [2.75, 3.05) is 4.90 Å². The van der Waals surface area contributed by atoms with Crippen molar-refractivity contribution in [3.63, 3.8) is 0 Å². The molecule has 0 spiro atoms. The van der Waals surface area contributed by atoms with Gasteiger partial charge in [-0.3, -0.25) is 0 Å². The van der Waals surface area contributed by atoms with E-state index in [0.717, 1.165) is 33.9 Å². The molecule has 0 radical (unpaired) electrons. The van der Waals surface area contributed by atoms with E-state index in [4.69, 9.17) is 0 Å². The summed E-state index contributed by atoms with van der Waals surface area (Å²) in [6.07, 6.45) is 0. The number of nitrogens with zero attached hydrogens (tertiary/aromatic N) is 2. The number of para-hydroxylation sites is 4. The van der Waals surface area contributed by atoms with Crippen molar-refractivity contribution in [1.29, 1.82) is 0 Å². The van der Waals surface area contributed by atoms with E-state index in [2.05, 4.69) is 289 Å². The fourth-order valence-corrected chi connectivity index (χ4v) is 10.8. The number of hydrogen-bond acceptors (Lipinski definition) is 1. The van der Waals surface area contributed by atoms with Gasteiger partial charge in [0, 0.05) is 33.3 Å². The lowest BCUT2D eigenvalue weighted by Crippen LogP contribution is -2.11. The first-order valence-electron chi connectivity index (χ1n) is 24.1. The van der Waals surface area contributed by atoms with Crippen molar-refractivity contribution in [3.05, 3.63) is 279 Å². The molecular formula is C68H46N2. The summed E-state index contributed by atoms with van der Waals surface area (Å²) >= 11 is 0. The molecule has 70 heavy (non-hydrogen) atoms. The molecule has 0 N–H and O–H groups in total. The molecule has 13 aromatic rings. The molecule has 0 unspecified atom stereocenters. The number of rotatable bonds is 9. The Morgan fingerprint density at radius 1 is 0.243 bits per heavy atom. The molecule has 1 heterocycles. The summed E-state index contributed by atoms with van der Waals surface area (Å²) in [6, 6.07) is 102. The van der Waals surface area contributed by atoms with Crippen molar-refractivity contribution in [1.82, 2.24) is 4.57 Å². The van der Waals surface area contributed by atoms with Crippen LogP contribution in [0.4, 0.5) is 17.1 Å². The van der Waals surface area contributed by atoms with E-state index in [1.165, 1.54) is 87.9 Å². The van der Waals surface area contributed by atoms with E-state index in [-0.39, 0.29) is 0 Å². The summed E-state index contributed by atoms with van der Waals surface area (Å²) in [5, 5.41) is 7.53. The van der Waals surface area contributed by atoms with E-state index >= 15 is 0 Å². The maximum Gasteiger partial charge on any atom is 0.0541 e. The lowest BCUT2D eigenvalue weighted by atomic mass is 9.88. The molecule has 0 bridgehead atoms. The molecule has 2 nitrogen and oxygen atoms in total. The molecule has 13 rings (SSSR count). The van der Waals surface area contributed by atoms with Crippen LogP contribution in [-0.2, 0) is 0 Å². The zero-order valence-corrected chi connectivity index (χ0v) is 38.5. The van der Waals surface area contributed by atoms with Crippen molar-refractivity contribution < 1.29 is 0 Å². The molecule has 1 aromatic heterocycles. The lowest BCUT2D eigenvalue weighted by Gasteiger charge is -2.29. The molecule has 0 saturated heterocycles. The van der Waals surface area contributed by atoms with E-state index in [9.17, 15) is 0 Å². The highest BCUT2D eigenvalue weighted by atomic mass is 15.1. The third kappa shape index (κ3) is 7.05. The molecule has 0 atom stereocenters. The molecule has 0 aliphatic carbocycles. The fraction of sp³-hybridized carbons (Fsp3) is 0. The maximum atomic E-state index is 2.43. The Bertz CT molecular complexity index is 4000. The van der Waals surface area contributed by atoms with Crippen LogP contribution in [0.25, 0.3) is 105 Å². The first-order valence-corrected chi connectivity index (χ1v) is 24.1. The predicted octanol–water partition coefficient (Wildman–Crippen LogP) is 18.9. The largest absolute Gasteiger partial charge is 0.310 e. The van der Waals surface area contributed by atoms with Crippen LogP contribution in [0, 0.1) is 0 Å². The standard InChI is InChI=1S/C68H46N2/c1-2-20-47(21-3-1)53-23-6-7-26-56(53)58-28-9-10-29-59(58)61-31-13-17-35-66(61)69(52-44-40-49(41-45-52)64-46-50-22-4-5-24-54(50)57-27-8-11-30-60(57)64)51-42-38-48(39-43-51)55-25-12-16-34-65(55)70-67-36-18-14-32-62(67)63-33-15-19-37-68(63)70/h1-46H. The van der Waals surface area contributed by atoms with Gasteiger partial charge in [-0.15, -0.1) is 0 Å². The molecular weight excluding hydrogens is 845 g/mol. The van der Waals surface area contributed by atoms with Gasteiger partial charge in [0.15, 0.2) is 0 Å². The van der Waals surface area contributed by atoms with Crippen LogP contribution in [0.1, 0.15) is 0 Å². The first kappa shape index (κ1) is 41.0. The highest BCUT2D eigenvalue weighted by molar-refractivity contribution is 6.14. The van der Waals surface area contributed by atoms with Gasteiger partial charge in [0.05, 0.1) is 22.4 Å². The summed E-state index contributed by atoms with van der Waals surface area (Å²) in [6.45, 7) is 0. The Morgan fingerprint density at radius 3 is 1.30 bits per heavy atom. The van der Waals surface area contributed by atoms with Gasteiger partial charge in [0.1, 0.15) is 0 Å². The lowest BCUT2D eigenvalue weighted by molar-refractivity contribution is 1.18. The highest BCUT2D eigenvalue weighted by Crippen LogP contribution is 2.47. The number of aromatic nitrogens is 1. The first-order chi connectivity index (χ1) is 34.8. The fourth-order valence-electron chi connectivity index (χ4n) is 10.8. The van der Waals surface area contributed by atoms with Crippen molar-refractivity contribution in [2.45, 2.75) is 0 Å². The second-order valence-corrected chi connectivity index (χ2v) is 18.0. The van der Waals surface area contributed by atoms with E-state index in [1.807, 2.05) is 0 Å². The third-order valence-corrected chi connectivity index (χ3v) is 14.0. The van der Waals surface area contributed by atoms with Gasteiger partial charge in [-0.2, -0.15) is 0 Å². The van der Waals surface area contributed by atoms with Crippen LogP contribution in [-0.4, -0.2) is 4.57 Å². The van der Waals surface area contributed by atoms with Crippen molar-refractivity contribution in [2.24, 2.45) is 0 Å². The molecule has 12 aromatic carbocycles. The van der Waals surface area contributed by atoms with Crippen LogP contribution in [0.5, 0.6) is 0 Å². The Kier molecular flexibility index (Phi) is 10.2. The zero-order chi connectivity index (χ0) is 46.4. The second-order valence-electron chi connectivity index (χ2n) is 18.0. The third-order valence-electron chi connectivity index (χ3n) is 14.0. The Hall–Kier alpha value is -9.24. The smallest absolute Gasteiger partial charge is 0.0541 e. The van der Waals surface area contributed by atoms with Crippen molar-refractivity contribution in [3.8, 4) is 61.3 Å². The summed E-state index contributed by atoms with van der Waals surface area (Å²) in [7, 11) is 0. The molecule has 328 valence electrons. The Labute approximate surface area is 408 Å². The van der Waals surface area contributed by atoms with Gasteiger partial charge in [0.25, 0.3) is 0 Å². The van der Waals surface area contributed by atoms with E-state index < -0.39 is 0 Å². The number of hydrogen-bond donors (Lipinski definition) is 0. The highest BCUT2D eigenvalue weighted by Gasteiger charge is 2.22. The van der Waals surface area contributed by atoms with Gasteiger partial charge in [-0.25, -0.2) is 0 Å². The predicted molar refractivity (Wildman–Crippen MR) is 298 cm³/mol. The molecule has 0 fully saturated rings. The quantitative estimate of drug-likeness (QED) is 0.131. The SMILES string of the molecule is c1ccc(-c2ccccc2-c2ccccc2-c2ccccc2N(c2ccc(-c3ccccc3-n3c4ccccc4c4ccccc43)cc2)c2ccc(-c3cc4ccccc4c4ccccc34)cc2)cc1. The second kappa shape index (κ2) is 17.4. The van der Waals surface area contributed by atoms with Gasteiger partial charge in [-0.05, 0) is 121 Å². The zero-order valence-electron chi connectivity index (χ0n) is 38.5. The minimum atomic E-state index is 1.07. The summed E-state index contributed by atoms with van der Waals surface area (Å²) < 4.78 is 2.42. The number of fused-ring (bicyclic) bond motifs is 6. The van der Waals surface area contributed by atoms with Gasteiger partial charge in [-0.1, -0.05) is 224 Å². The average molecular weight is 891 g/mol. The molecule has 0 amide bonds.